The van der Waals surface area contributed by atoms with E-state index in [9.17, 15) is 5.26 Å². The van der Waals surface area contributed by atoms with Crippen molar-refractivity contribution in [2.75, 3.05) is 32.7 Å². The summed E-state index contributed by atoms with van der Waals surface area (Å²) < 4.78 is 2.09. The first-order chi connectivity index (χ1) is 11.7. The van der Waals surface area contributed by atoms with Crippen molar-refractivity contribution in [3.8, 4) is 17.5 Å². The van der Waals surface area contributed by atoms with Gasteiger partial charge in [0.15, 0.2) is 0 Å². The summed E-state index contributed by atoms with van der Waals surface area (Å²) in [5.74, 6) is 0.926. The second-order valence-corrected chi connectivity index (χ2v) is 6.33. The fourth-order valence-corrected chi connectivity index (χ4v) is 3.36. The Labute approximate surface area is 144 Å². The van der Waals surface area contributed by atoms with E-state index in [0.29, 0.717) is 0 Å². The van der Waals surface area contributed by atoms with Crippen LogP contribution in [0.15, 0.2) is 30.3 Å². The summed E-state index contributed by atoms with van der Waals surface area (Å²) in [6, 6.07) is 12.4. The Bertz CT molecular complexity index is 720. The maximum Gasteiger partial charge on any atom is 0.142 e. The predicted molar refractivity (Wildman–Crippen MR) is 95.4 cm³/mol. The zero-order chi connectivity index (χ0) is 17.1. The monoisotopic (exact) mass is 323 g/mol. The van der Waals surface area contributed by atoms with Gasteiger partial charge in [0, 0.05) is 44.5 Å². The molecule has 1 aliphatic heterocycles. The second-order valence-electron chi connectivity index (χ2n) is 6.33. The molecule has 126 valence electrons. The first-order valence-electron chi connectivity index (χ1n) is 8.60. The highest BCUT2D eigenvalue weighted by Crippen LogP contribution is 2.28. The van der Waals surface area contributed by atoms with E-state index in [0.717, 1.165) is 55.5 Å². The van der Waals surface area contributed by atoms with Crippen molar-refractivity contribution in [2.45, 2.75) is 19.9 Å². The van der Waals surface area contributed by atoms with Crippen LogP contribution in [0, 0.1) is 18.3 Å². The molecule has 1 unspecified atom stereocenters. The molecule has 0 amide bonds. The first-order valence-corrected chi connectivity index (χ1v) is 8.60. The van der Waals surface area contributed by atoms with Crippen LogP contribution in [0.2, 0.25) is 0 Å². The lowest BCUT2D eigenvalue weighted by Crippen LogP contribution is -2.47. The molecule has 2 aromatic rings. The van der Waals surface area contributed by atoms with Gasteiger partial charge in [0.05, 0.1) is 11.8 Å². The topological polar surface area (TPSA) is 48.1 Å². The molecule has 0 saturated carbocycles. The van der Waals surface area contributed by atoms with E-state index in [4.69, 9.17) is 4.98 Å². The van der Waals surface area contributed by atoms with E-state index >= 15 is 0 Å². The van der Waals surface area contributed by atoms with Crippen LogP contribution in [0.5, 0.6) is 0 Å². The van der Waals surface area contributed by atoms with Crippen LogP contribution in [0.3, 0.4) is 0 Å². The number of rotatable bonds is 4. The molecule has 5 nitrogen and oxygen atoms in total. The fraction of sp³-hybridized carbons (Fsp3) is 0.474. The van der Waals surface area contributed by atoms with Crippen molar-refractivity contribution in [1.29, 1.82) is 5.26 Å². The number of hydrogen-bond acceptors (Lipinski definition) is 4. The number of benzene rings is 1. The van der Waals surface area contributed by atoms with Crippen LogP contribution in [0.1, 0.15) is 24.4 Å². The maximum atomic E-state index is 9.80. The van der Waals surface area contributed by atoms with Gasteiger partial charge in [-0.15, -0.1) is 0 Å². The molecule has 24 heavy (non-hydrogen) atoms. The van der Waals surface area contributed by atoms with Gasteiger partial charge in [-0.2, -0.15) is 5.26 Å². The van der Waals surface area contributed by atoms with Gasteiger partial charge < -0.3 is 9.47 Å². The predicted octanol–water partition coefficient (Wildman–Crippen LogP) is 2.60. The van der Waals surface area contributed by atoms with Gasteiger partial charge in [-0.3, -0.25) is 4.90 Å². The number of nitriles is 1. The molecule has 0 radical (unpaired) electrons. The Balaban J connectivity index is 1.90. The molecule has 1 fully saturated rings. The average molecular weight is 323 g/mol. The van der Waals surface area contributed by atoms with Crippen molar-refractivity contribution in [3.63, 3.8) is 0 Å². The van der Waals surface area contributed by atoms with Crippen LogP contribution in [0.4, 0.5) is 0 Å². The minimum absolute atomic E-state index is 0.271. The Hall–Kier alpha value is -2.16. The summed E-state index contributed by atoms with van der Waals surface area (Å²) in [7, 11) is 2.03. The third-order valence-corrected chi connectivity index (χ3v) is 5.05. The third kappa shape index (κ3) is 3.08. The lowest BCUT2D eigenvalue weighted by molar-refractivity contribution is 0.117. The van der Waals surface area contributed by atoms with Gasteiger partial charge in [0.1, 0.15) is 11.9 Å². The van der Waals surface area contributed by atoms with E-state index < -0.39 is 0 Å². The molecule has 0 spiro atoms. The Morgan fingerprint density at radius 3 is 2.42 bits per heavy atom. The highest BCUT2D eigenvalue weighted by atomic mass is 15.3. The quantitative estimate of drug-likeness (QED) is 0.868. The minimum Gasteiger partial charge on any atom is -0.331 e. The summed E-state index contributed by atoms with van der Waals surface area (Å²) >= 11 is 0. The number of nitrogens with zero attached hydrogens (tertiary/aromatic N) is 5. The molecular formula is C19H25N5. The Morgan fingerprint density at radius 1 is 1.17 bits per heavy atom. The SMILES string of the molecule is CCN1CCN(C(C#N)c2nc(-c3ccccc3)n(C)c2C)CC1. The summed E-state index contributed by atoms with van der Waals surface area (Å²) in [4.78, 5) is 9.53. The molecular weight excluding hydrogens is 298 g/mol. The van der Waals surface area contributed by atoms with E-state index in [1.54, 1.807) is 0 Å². The van der Waals surface area contributed by atoms with Crippen LogP contribution in [-0.4, -0.2) is 52.1 Å². The molecule has 0 aliphatic carbocycles. The molecule has 1 aromatic heterocycles. The molecule has 1 aliphatic rings. The second kappa shape index (κ2) is 7.16. The smallest absolute Gasteiger partial charge is 0.142 e. The van der Waals surface area contributed by atoms with Crippen molar-refractivity contribution in [3.05, 3.63) is 41.7 Å². The van der Waals surface area contributed by atoms with Crippen LogP contribution < -0.4 is 0 Å². The molecule has 2 heterocycles. The van der Waals surface area contributed by atoms with E-state index in [1.165, 1.54) is 0 Å². The average Bonchev–Trinajstić information content (AvgIpc) is 2.93. The van der Waals surface area contributed by atoms with Crippen molar-refractivity contribution in [1.82, 2.24) is 19.4 Å². The van der Waals surface area contributed by atoms with Crippen LogP contribution >= 0.6 is 0 Å². The number of hydrogen-bond donors (Lipinski definition) is 0. The summed E-state index contributed by atoms with van der Waals surface area (Å²) in [5, 5.41) is 9.80. The lowest BCUT2D eigenvalue weighted by Gasteiger charge is -2.36. The molecule has 0 N–H and O–H groups in total. The number of imidazole rings is 1. The lowest BCUT2D eigenvalue weighted by atomic mass is 10.1. The highest BCUT2D eigenvalue weighted by Gasteiger charge is 2.28. The zero-order valence-electron chi connectivity index (χ0n) is 14.7. The van der Waals surface area contributed by atoms with Crippen molar-refractivity contribution >= 4 is 0 Å². The van der Waals surface area contributed by atoms with E-state index in [2.05, 4.69) is 46.4 Å². The molecule has 0 bridgehead atoms. The maximum absolute atomic E-state index is 9.80. The zero-order valence-corrected chi connectivity index (χ0v) is 14.7. The van der Waals surface area contributed by atoms with E-state index in [-0.39, 0.29) is 6.04 Å². The van der Waals surface area contributed by atoms with Crippen molar-refractivity contribution < 1.29 is 0 Å². The standard InChI is InChI=1S/C19H25N5/c1-4-23-10-12-24(13-11-23)17(14-20)18-15(2)22(3)19(21-18)16-8-6-5-7-9-16/h5-9,17H,4,10-13H2,1-3H3. The third-order valence-electron chi connectivity index (χ3n) is 5.05. The number of piperazine rings is 1. The molecule has 5 heteroatoms. The van der Waals surface area contributed by atoms with Gasteiger partial charge in [-0.25, -0.2) is 4.98 Å². The fourth-order valence-electron chi connectivity index (χ4n) is 3.36. The summed E-state index contributed by atoms with van der Waals surface area (Å²) in [5.41, 5.74) is 3.05. The summed E-state index contributed by atoms with van der Waals surface area (Å²) in [6.07, 6.45) is 0. The van der Waals surface area contributed by atoms with Gasteiger partial charge in [-0.05, 0) is 13.5 Å². The molecule has 1 aromatic carbocycles. The van der Waals surface area contributed by atoms with Crippen LogP contribution in [0.25, 0.3) is 11.4 Å². The van der Waals surface area contributed by atoms with Gasteiger partial charge in [0.25, 0.3) is 0 Å². The number of aromatic nitrogens is 2. The first kappa shape index (κ1) is 16.7. The van der Waals surface area contributed by atoms with Gasteiger partial charge in [0.2, 0.25) is 0 Å². The summed E-state index contributed by atoms with van der Waals surface area (Å²) in [6.45, 7) is 9.20. The minimum atomic E-state index is -0.271. The largest absolute Gasteiger partial charge is 0.331 e. The Morgan fingerprint density at radius 2 is 1.83 bits per heavy atom. The molecule has 1 atom stereocenters. The molecule has 3 rings (SSSR count). The normalized spacial score (nSPS) is 17.6. The van der Waals surface area contributed by atoms with Gasteiger partial charge in [-0.1, -0.05) is 37.3 Å². The molecule has 1 saturated heterocycles. The van der Waals surface area contributed by atoms with Crippen molar-refractivity contribution in [2.24, 2.45) is 7.05 Å². The Kier molecular flexibility index (Phi) is 4.98. The number of likely N-dealkylation sites (N-methyl/N-ethyl adjacent to an activating group) is 1. The van der Waals surface area contributed by atoms with Crippen LogP contribution in [-0.2, 0) is 7.05 Å². The highest BCUT2D eigenvalue weighted by molar-refractivity contribution is 5.57. The van der Waals surface area contributed by atoms with Gasteiger partial charge >= 0.3 is 0 Å². The van der Waals surface area contributed by atoms with E-state index in [1.807, 2.05) is 25.2 Å².